The van der Waals surface area contributed by atoms with Crippen molar-refractivity contribution in [3.63, 3.8) is 0 Å². The Morgan fingerprint density at radius 1 is 0.974 bits per heavy atom. The van der Waals surface area contributed by atoms with Crippen LogP contribution in [0.5, 0.6) is 0 Å². The lowest BCUT2D eigenvalue weighted by atomic mass is 9.85. The number of nitrogens with zero attached hydrogens (tertiary/aromatic N) is 3. The van der Waals surface area contributed by atoms with Crippen molar-refractivity contribution < 1.29 is 29.1 Å². The monoisotopic (exact) mass is 518 g/mol. The first-order valence-electron chi connectivity index (χ1n) is 12.9. The molecular formula is C30H36N3O5+. The number of carboxylic acid groups (broad SMARTS) is 2. The minimum absolute atomic E-state index is 0.00629. The van der Waals surface area contributed by atoms with Crippen LogP contribution < -0.4 is 0 Å². The Labute approximate surface area is 223 Å². The van der Waals surface area contributed by atoms with E-state index >= 15 is 0 Å². The maximum atomic E-state index is 14.4. The van der Waals surface area contributed by atoms with Crippen molar-refractivity contribution in [3.05, 3.63) is 78.0 Å². The molecule has 0 spiro atoms. The molecule has 0 bridgehead atoms. The van der Waals surface area contributed by atoms with Crippen LogP contribution in [0, 0.1) is 6.92 Å². The smallest absolute Gasteiger partial charge is 0.479 e. The summed E-state index contributed by atoms with van der Waals surface area (Å²) in [4.78, 5) is 41.3. The van der Waals surface area contributed by atoms with Gasteiger partial charge in [-0.1, -0.05) is 55.5 Å². The Bertz CT molecular complexity index is 1360. The molecule has 2 heterocycles. The molecule has 0 saturated carbocycles. The van der Waals surface area contributed by atoms with Crippen molar-refractivity contribution in [2.75, 3.05) is 19.6 Å². The lowest BCUT2D eigenvalue weighted by molar-refractivity contribution is -0.912. The van der Waals surface area contributed by atoms with Gasteiger partial charge in [-0.25, -0.2) is 9.28 Å². The van der Waals surface area contributed by atoms with E-state index in [9.17, 15) is 24.6 Å². The van der Waals surface area contributed by atoms with Crippen LogP contribution in [0.15, 0.2) is 66.7 Å². The van der Waals surface area contributed by atoms with E-state index in [0.717, 1.165) is 16.9 Å². The molecule has 1 aliphatic heterocycles. The fraction of sp³-hybridized carbons (Fsp3) is 0.367. The molecule has 2 amide bonds. The molecule has 2 unspecified atom stereocenters. The number of benzene rings is 2. The van der Waals surface area contributed by atoms with Crippen LogP contribution in [0.1, 0.15) is 50.2 Å². The minimum atomic E-state index is -1.68. The highest BCUT2D eigenvalue weighted by atomic mass is 16.4. The molecule has 38 heavy (non-hydrogen) atoms. The number of aliphatic carboxylic acids is 1. The first-order chi connectivity index (χ1) is 17.9. The highest BCUT2D eigenvalue weighted by Gasteiger charge is 2.62. The van der Waals surface area contributed by atoms with Gasteiger partial charge < -0.3 is 19.7 Å². The summed E-state index contributed by atoms with van der Waals surface area (Å²) in [7, 11) is 0. The van der Waals surface area contributed by atoms with E-state index in [1.54, 1.807) is 33.8 Å². The fourth-order valence-electron chi connectivity index (χ4n) is 5.79. The molecular weight excluding hydrogens is 482 g/mol. The number of carbonyl (C=O) groups excluding carboxylic acids is 1. The topological polar surface area (TPSA) is 99.8 Å². The largest absolute Gasteiger partial charge is 0.514 e. The van der Waals surface area contributed by atoms with E-state index in [4.69, 9.17) is 0 Å². The van der Waals surface area contributed by atoms with Crippen LogP contribution in [0.3, 0.4) is 0 Å². The van der Waals surface area contributed by atoms with E-state index in [1.165, 1.54) is 4.90 Å². The Balaban J connectivity index is 1.91. The van der Waals surface area contributed by atoms with Gasteiger partial charge in [-0.15, -0.1) is 0 Å². The zero-order valence-electron chi connectivity index (χ0n) is 22.6. The van der Waals surface area contributed by atoms with Crippen LogP contribution in [-0.4, -0.2) is 72.8 Å². The number of rotatable bonds is 5. The number of aryl methyl sites for hydroxylation is 1. The number of aromatic nitrogens is 1. The van der Waals surface area contributed by atoms with Crippen molar-refractivity contribution >= 4 is 18.0 Å². The quantitative estimate of drug-likeness (QED) is 0.439. The van der Waals surface area contributed by atoms with Crippen molar-refractivity contribution in [1.29, 1.82) is 0 Å². The third-order valence-corrected chi connectivity index (χ3v) is 8.11. The van der Waals surface area contributed by atoms with Crippen LogP contribution in [0.2, 0.25) is 0 Å². The summed E-state index contributed by atoms with van der Waals surface area (Å²) in [5.41, 5.74) is 1.16. The SMILES string of the molecule is CCC1(C(=O)O)C[N+](C(=O)O)(C(C)(C)C)CCN1C(=O)c1cc(C)n(-c2ccccc2)c1-c1ccccc1. The predicted molar refractivity (Wildman–Crippen MR) is 145 cm³/mol. The molecule has 2 N–H and O–H groups in total. The van der Waals surface area contributed by atoms with E-state index in [1.807, 2.05) is 72.2 Å². The number of piperazine rings is 1. The molecule has 1 saturated heterocycles. The number of para-hydroxylation sites is 1. The molecule has 8 nitrogen and oxygen atoms in total. The number of amides is 2. The molecule has 200 valence electrons. The van der Waals surface area contributed by atoms with E-state index in [2.05, 4.69) is 0 Å². The van der Waals surface area contributed by atoms with Crippen molar-refractivity contribution in [2.45, 2.75) is 52.1 Å². The first kappa shape index (κ1) is 27.1. The molecule has 2 atom stereocenters. The number of carboxylic acids is 1. The highest BCUT2D eigenvalue weighted by Crippen LogP contribution is 2.39. The number of quaternary nitrogens is 1. The van der Waals surface area contributed by atoms with Gasteiger partial charge >= 0.3 is 12.1 Å². The second-order valence-corrected chi connectivity index (χ2v) is 11.0. The zero-order valence-corrected chi connectivity index (χ0v) is 22.6. The van der Waals surface area contributed by atoms with Crippen LogP contribution in [0.25, 0.3) is 16.9 Å². The normalized spacial score (nSPS) is 21.8. The summed E-state index contributed by atoms with van der Waals surface area (Å²) in [6, 6.07) is 21.1. The number of hydrogen-bond acceptors (Lipinski definition) is 3. The molecule has 0 aliphatic carbocycles. The lowest BCUT2D eigenvalue weighted by Gasteiger charge is -2.54. The van der Waals surface area contributed by atoms with Gasteiger partial charge in [0.05, 0.1) is 17.8 Å². The van der Waals surface area contributed by atoms with E-state index < -0.39 is 33.5 Å². The summed E-state index contributed by atoms with van der Waals surface area (Å²) in [5.74, 6) is -1.61. The highest BCUT2D eigenvalue weighted by molar-refractivity contribution is 6.03. The Morgan fingerprint density at radius 2 is 1.55 bits per heavy atom. The maximum Gasteiger partial charge on any atom is 0.514 e. The van der Waals surface area contributed by atoms with Gasteiger partial charge in [0.1, 0.15) is 18.6 Å². The molecule has 3 aromatic rings. The molecule has 8 heteroatoms. The van der Waals surface area contributed by atoms with E-state index in [-0.39, 0.29) is 26.1 Å². The Kier molecular flexibility index (Phi) is 6.97. The zero-order chi connectivity index (χ0) is 27.9. The third-order valence-electron chi connectivity index (χ3n) is 8.11. The predicted octanol–water partition coefficient (Wildman–Crippen LogP) is 5.44. The van der Waals surface area contributed by atoms with Crippen molar-refractivity contribution in [1.82, 2.24) is 9.47 Å². The van der Waals surface area contributed by atoms with Crippen molar-refractivity contribution in [3.8, 4) is 16.9 Å². The van der Waals surface area contributed by atoms with Gasteiger partial charge in [-0.05, 0) is 57.9 Å². The van der Waals surface area contributed by atoms with Gasteiger partial charge in [0, 0.05) is 11.4 Å². The Morgan fingerprint density at radius 3 is 2.05 bits per heavy atom. The summed E-state index contributed by atoms with van der Waals surface area (Å²) >= 11 is 0. The standard InChI is InChI=1S/C30H35N3O5/c1-6-30(27(35)36)20-33(28(37)38,29(3,4)5)18-17-31(30)26(34)24-19-21(2)32(23-15-11-8-12-16-23)25(24)22-13-9-7-10-14-22/h7-16,19H,6,17-18,20H2,1-5H3,(H-,35,36,37,38)/p+1. The average Bonchev–Trinajstić information content (AvgIpc) is 3.24. The molecule has 1 aromatic heterocycles. The third kappa shape index (κ3) is 4.19. The number of carbonyl (C=O) groups is 3. The van der Waals surface area contributed by atoms with E-state index in [0.29, 0.717) is 11.3 Å². The van der Waals surface area contributed by atoms with Gasteiger partial charge in [0.2, 0.25) is 0 Å². The molecule has 4 rings (SSSR count). The maximum absolute atomic E-state index is 14.4. The average molecular weight is 519 g/mol. The molecule has 0 radical (unpaired) electrons. The molecule has 2 aromatic carbocycles. The summed E-state index contributed by atoms with van der Waals surface area (Å²) in [6.45, 7) is 8.93. The summed E-state index contributed by atoms with van der Waals surface area (Å²) in [6.07, 6.45) is -1.00. The molecule has 1 fully saturated rings. The van der Waals surface area contributed by atoms with Gasteiger partial charge in [-0.3, -0.25) is 4.79 Å². The van der Waals surface area contributed by atoms with Crippen LogP contribution in [0.4, 0.5) is 4.79 Å². The van der Waals surface area contributed by atoms with Gasteiger partial charge in [-0.2, -0.15) is 4.79 Å². The summed E-state index contributed by atoms with van der Waals surface area (Å²) < 4.78 is 1.57. The Hall–Kier alpha value is -3.91. The van der Waals surface area contributed by atoms with Crippen LogP contribution in [-0.2, 0) is 4.79 Å². The minimum Gasteiger partial charge on any atom is -0.479 e. The lowest BCUT2D eigenvalue weighted by Crippen LogP contribution is -2.78. The fourth-order valence-corrected chi connectivity index (χ4v) is 5.79. The summed E-state index contributed by atoms with van der Waals surface area (Å²) in [5, 5.41) is 20.9. The van der Waals surface area contributed by atoms with Gasteiger partial charge in [0.15, 0.2) is 5.54 Å². The molecule has 1 aliphatic rings. The van der Waals surface area contributed by atoms with Crippen molar-refractivity contribution in [2.24, 2.45) is 0 Å². The first-order valence-corrected chi connectivity index (χ1v) is 12.9. The van der Waals surface area contributed by atoms with Crippen LogP contribution >= 0.6 is 0 Å². The number of hydrogen-bond donors (Lipinski definition) is 2. The second-order valence-electron chi connectivity index (χ2n) is 11.0. The second kappa shape index (κ2) is 9.76. The van der Waals surface area contributed by atoms with Gasteiger partial charge in [0.25, 0.3) is 5.91 Å².